The van der Waals surface area contributed by atoms with Gasteiger partial charge in [-0.25, -0.2) is 5.43 Å². The third-order valence-corrected chi connectivity index (χ3v) is 4.68. The number of hydrogen-bond donors (Lipinski definition) is 2. The number of para-hydroxylation sites is 1. The van der Waals surface area contributed by atoms with E-state index >= 15 is 0 Å². The summed E-state index contributed by atoms with van der Waals surface area (Å²) in [5.41, 5.74) is 4.36. The smallest absolute Gasteiger partial charge is 0.329 e. The lowest BCUT2D eigenvalue weighted by atomic mass is 10.2. The Morgan fingerprint density at radius 1 is 0.968 bits per heavy atom. The van der Waals surface area contributed by atoms with Crippen molar-refractivity contribution >= 4 is 39.6 Å². The molecule has 0 spiro atoms. The molecule has 158 valence electrons. The highest BCUT2D eigenvalue weighted by Crippen LogP contribution is 2.19. The van der Waals surface area contributed by atoms with Gasteiger partial charge in [-0.3, -0.25) is 9.59 Å². The van der Waals surface area contributed by atoms with Gasteiger partial charge in [0.2, 0.25) is 0 Å². The first kappa shape index (κ1) is 22.0. The van der Waals surface area contributed by atoms with E-state index in [2.05, 4.69) is 31.8 Å². The molecule has 0 aromatic heterocycles. The molecule has 0 aliphatic carbocycles. The summed E-state index contributed by atoms with van der Waals surface area (Å²) >= 11 is 3.40. The predicted octanol–water partition coefficient (Wildman–Crippen LogP) is 4.13. The van der Waals surface area contributed by atoms with E-state index in [0.717, 1.165) is 10.0 Å². The van der Waals surface area contributed by atoms with Gasteiger partial charge in [-0.1, -0.05) is 40.2 Å². The summed E-state index contributed by atoms with van der Waals surface area (Å²) in [6.45, 7) is 0.384. The van der Waals surface area contributed by atoms with Crippen LogP contribution in [0.4, 0.5) is 5.69 Å². The van der Waals surface area contributed by atoms with Crippen molar-refractivity contribution in [3.63, 3.8) is 0 Å². The number of nitrogens with zero attached hydrogens (tertiary/aromatic N) is 1. The number of ether oxygens (including phenoxy) is 2. The van der Waals surface area contributed by atoms with E-state index in [1.807, 2.05) is 36.4 Å². The molecular formula is C23H20BrN3O4. The van der Waals surface area contributed by atoms with E-state index < -0.39 is 11.8 Å². The molecule has 0 atom stereocenters. The van der Waals surface area contributed by atoms with Crippen LogP contribution in [0.2, 0.25) is 0 Å². The number of benzene rings is 3. The lowest BCUT2D eigenvalue weighted by molar-refractivity contribution is -0.136. The van der Waals surface area contributed by atoms with E-state index in [-0.39, 0.29) is 0 Å². The fourth-order valence-corrected chi connectivity index (χ4v) is 2.80. The molecule has 0 heterocycles. The molecule has 31 heavy (non-hydrogen) atoms. The number of carbonyl (C=O) groups excluding carboxylic acids is 2. The van der Waals surface area contributed by atoms with Gasteiger partial charge in [0.05, 0.1) is 13.3 Å². The number of anilines is 1. The number of halogens is 1. The second-order valence-corrected chi connectivity index (χ2v) is 7.25. The van der Waals surface area contributed by atoms with Gasteiger partial charge in [-0.15, -0.1) is 0 Å². The summed E-state index contributed by atoms with van der Waals surface area (Å²) in [6.07, 6.45) is 1.43. The summed E-state index contributed by atoms with van der Waals surface area (Å²) in [6, 6.07) is 21.7. The summed E-state index contributed by atoms with van der Waals surface area (Å²) < 4.78 is 11.9. The maximum absolute atomic E-state index is 12.0. The van der Waals surface area contributed by atoms with Crippen molar-refractivity contribution < 1.29 is 19.1 Å². The molecule has 3 rings (SSSR count). The van der Waals surface area contributed by atoms with Crippen molar-refractivity contribution in [2.24, 2.45) is 5.10 Å². The molecule has 0 saturated heterocycles. The van der Waals surface area contributed by atoms with Crippen LogP contribution < -0.4 is 20.2 Å². The van der Waals surface area contributed by atoms with Crippen LogP contribution >= 0.6 is 15.9 Å². The summed E-state index contributed by atoms with van der Waals surface area (Å²) in [7, 11) is 1.54. The van der Waals surface area contributed by atoms with Crippen LogP contribution in [0.5, 0.6) is 11.5 Å². The monoisotopic (exact) mass is 481 g/mol. The number of hydrazone groups is 1. The Labute approximate surface area is 188 Å². The minimum absolute atomic E-state index is 0.384. The maximum atomic E-state index is 12.0. The minimum atomic E-state index is -0.889. The highest BCUT2D eigenvalue weighted by Gasteiger charge is 2.13. The first-order chi connectivity index (χ1) is 15.0. The third-order valence-electron chi connectivity index (χ3n) is 4.15. The van der Waals surface area contributed by atoms with Gasteiger partial charge in [0, 0.05) is 15.7 Å². The highest BCUT2D eigenvalue weighted by atomic mass is 79.9. The van der Waals surface area contributed by atoms with Crippen molar-refractivity contribution in [1.29, 1.82) is 0 Å². The number of methoxy groups -OCH3 is 1. The van der Waals surface area contributed by atoms with Gasteiger partial charge in [-0.05, 0) is 54.1 Å². The Hall–Kier alpha value is -3.65. The molecule has 3 aromatic carbocycles. The molecule has 3 aromatic rings. The van der Waals surface area contributed by atoms with Crippen molar-refractivity contribution in [2.45, 2.75) is 6.61 Å². The zero-order valence-corrected chi connectivity index (χ0v) is 18.3. The van der Waals surface area contributed by atoms with Crippen LogP contribution in [0.3, 0.4) is 0 Å². The predicted molar refractivity (Wildman–Crippen MR) is 122 cm³/mol. The zero-order chi connectivity index (χ0) is 22.1. The van der Waals surface area contributed by atoms with Gasteiger partial charge in [-0.2, -0.15) is 5.10 Å². The van der Waals surface area contributed by atoms with E-state index in [1.165, 1.54) is 6.21 Å². The van der Waals surface area contributed by atoms with Crippen LogP contribution in [0, 0.1) is 0 Å². The van der Waals surface area contributed by atoms with Gasteiger partial charge in [0.15, 0.2) is 0 Å². The number of carbonyl (C=O) groups is 2. The second-order valence-electron chi connectivity index (χ2n) is 6.33. The quantitative estimate of drug-likeness (QED) is 0.301. The number of rotatable bonds is 7. The lowest BCUT2D eigenvalue weighted by Crippen LogP contribution is -2.32. The van der Waals surface area contributed by atoms with Crippen molar-refractivity contribution in [2.75, 3.05) is 12.4 Å². The zero-order valence-electron chi connectivity index (χ0n) is 16.7. The van der Waals surface area contributed by atoms with Crippen LogP contribution in [-0.4, -0.2) is 25.1 Å². The van der Waals surface area contributed by atoms with Crippen LogP contribution in [0.15, 0.2) is 82.4 Å². The van der Waals surface area contributed by atoms with E-state index in [9.17, 15) is 9.59 Å². The van der Waals surface area contributed by atoms with Crippen LogP contribution in [0.1, 0.15) is 11.1 Å². The molecule has 0 saturated carbocycles. The second kappa shape index (κ2) is 10.9. The van der Waals surface area contributed by atoms with E-state index in [0.29, 0.717) is 29.4 Å². The van der Waals surface area contributed by atoms with Crippen LogP contribution in [-0.2, 0) is 16.2 Å². The molecular weight excluding hydrogens is 462 g/mol. The van der Waals surface area contributed by atoms with Gasteiger partial charge in [0.1, 0.15) is 18.1 Å². The fraction of sp³-hybridized carbons (Fsp3) is 0.0870. The first-order valence-electron chi connectivity index (χ1n) is 9.30. The largest absolute Gasteiger partial charge is 0.497 e. The Balaban J connectivity index is 1.55. The maximum Gasteiger partial charge on any atom is 0.329 e. The molecule has 0 bridgehead atoms. The van der Waals surface area contributed by atoms with Gasteiger partial charge >= 0.3 is 11.8 Å². The fourth-order valence-electron chi connectivity index (χ4n) is 2.53. The molecule has 0 unspecified atom stereocenters. The first-order valence-corrected chi connectivity index (χ1v) is 10.1. The molecule has 8 heteroatoms. The van der Waals surface area contributed by atoms with Crippen molar-refractivity contribution in [1.82, 2.24) is 5.43 Å². The lowest BCUT2D eigenvalue weighted by Gasteiger charge is -2.09. The van der Waals surface area contributed by atoms with Gasteiger partial charge < -0.3 is 14.8 Å². The van der Waals surface area contributed by atoms with Crippen molar-refractivity contribution in [3.05, 3.63) is 88.4 Å². The average molecular weight is 482 g/mol. The minimum Gasteiger partial charge on any atom is -0.497 e. The molecule has 2 N–H and O–H groups in total. The van der Waals surface area contributed by atoms with Crippen molar-refractivity contribution in [3.8, 4) is 11.5 Å². The summed E-state index contributed by atoms with van der Waals surface area (Å²) in [4.78, 5) is 24.0. The Bertz CT molecular complexity index is 1070. The van der Waals surface area contributed by atoms with E-state index in [4.69, 9.17) is 9.47 Å². The molecule has 2 amide bonds. The molecule has 0 radical (unpaired) electrons. The average Bonchev–Trinajstić information content (AvgIpc) is 2.80. The Morgan fingerprint density at radius 3 is 2.39 bits per heavy atom. The Morgan fingerprint density at radius 2 is 1.68 bits per heavy atom. The number of amides is 2. The topological polar surface area (TPSA) is 89.0 Å². The third kappa shape index (κ3) is 6.68. The SMILES string of the molecule is COc1ccc(NC(=O)C(=O)N/N=C\c2ccccc2OCc2ccc(Br)cc2)cc1. The van der Waals surface area contributed by atoms with Crippen LogP contribution in [0.25, 0.3) is 0 Å². The molecule has 0 aliphatic rings. The molecule has 7 nitrogen and oxygen atoms in total. The number of hydrogen-bond acceptors (Lipinski definition) is 5. The highest BCUT2D eigenvalue weighted by molar-refractivity contribution is 9.10. The summed E-state index contributed by atoms with van der Waals surface area (Å²) in [5.74, 6) is -0.471. The molecule has 0 aliphatic heterocycles. The standard InChI is InChI=1S/C23H20BrN3O4/c1-30-20-12-10-19(11-13-20)26-22(28)23(29)27-25-14-17-4-2-3-5-21(17)31-15-16-6-8-18(24)9-7-16/h2-14H,15H2,1H3,(H,26,28)(H,27,29)/b25-14-. The molecule has 0 fully saturated rings. The van der Waals surface area contributed by atoms with E-state index in [1.54, 1.807) is 43.5 Å². The normalized spacial score (nSPS) is 10.5. The van der Waals surface area contributed by atoms with Gasteiger partial charge in [0.25, 0.3) is 0 Å². The Kier molecular flexibility index (Phi) is 7.78. The number of nitrogens with one attached hydrogen (secondary N) is 2. The summed E-state index contributed by atoms with van der Waals surface area (Å²) in [5, 5.41) is 6.35.